The van der Waals surface area contributed by atoms with Crippen molar-refractivity contribution in [2.45, 2.75) is 25.1 Å². The minimum Gasteiger partial charge on any atom is -0.353 e. The fourth-order valence-corrected chi connectivity index (χ4v) is 3.34. The number of rotatable bonds is 5. The van der Waals surface area contributed by atoms with E-state index in [9.17, 15) is 9.59 Å². The molecule has 0 radical (unpaired) electrons. The predicted molar refractivity (Wildman–Crippen MR) is 86.4 cm³/mol. The van der Waals surface area contributed by atoms with E-state index in [1.165, 1.54) is 0 Å². The van der Waals surface area contributed by atoms with E-state index < -0.39 is 0 Å². The van der Waals surface area contributed by atoms with Gasteiger partial charge in [-0.05, 0) is 24.1 Å². The second-order valence-electron chi connectivity index (χ2n) is 4.92. The summed E-state index contributed by atoms with van der Waals surface area (Å²) < 4.78 is 0. The largest absolute Gasteiger partial charge is 0.353 e. The zero-order valence-corrected chi connectivity index (χ0v) is 13.5. The van der Waals surface area contributed by atoms with Crippen molar-refractivity contribution in [1.29, 1.82) is 0 Å². The van der Waals surface area contributed by atoms with Crippen molar-refractivity contribution in [2.75, 3.05) is 18.8 Å². The molecule has 1 N–H and O–H groups in total. The van der Waals surface area contributed by atoms with E-state index in [4.69, 9.17) is 11.6 Å². The van der Waals surface area contributed by atoms with Crippen LogP contribution >= 0.6 is 23.4 Å². The van der Waals surface area contributed by atoms with Crippen LogP contribution in [0.15, 0.2) is 24.3 Å². The second kappa shape index (κ2) is 7.71. The predicted octanol–water partition coefficient (Wildman–Crippen LogP) is 2.31. The lowest BCUT2D eigenvalue weighted by Crippen LogP contribution is -2.57. The third-order valence-electron chi connectivity index (χ3n) is 3.45. The molecule has 2 amide bonds. The lowest BCUT2D eigenvalue weighted by molar-refractivity contribution is -0.141. The van der Waals surface area contributed by atoms with Crippen molar-refractivity contribution in [3.8, 4) is 0 Å². The highest BCUT2D eigenvalue weighted by Gasteiger charge is 2.31. The van der Waals surface area contributed by atoms with Gasteiger partial charge in [0.1, 0.15) is 6.04 Å². The molecule has 1 heterocycles. The van der Waals surface area contributed by atoms with Gasteiger partial charge in [0.15, 0.2) is 0 Å². The zero-order chi connectivity index (χ0) is 15.2. The Kier molecular flexibility index (Phi) is 5.94. The molecule has 6 heteroatoms. The number of nitrogens with zero attached hydrogens (tertiary/aromatic N) is 1. The Bertz CT molecular complexity index is 507. The molecular weight excluding hydrogens is 308 g/mol. The van der Waals surface area contributed by atoms with Crippen molar-refractivity contribution < 1.29 is 9.59 Å². The molecule has 21 heavy (non-hydrogen) atoms. The van der Waals surface area contributed by atoms with Crippen LogP contribution in [-0.4, -0.2) is 41.6 Å². The number of piperazine rings is 1. The molecule has 1 fully saturated rings. The molecular formula is C15H19ClN2O2S. The van der Waals surface area contributed by atoms with E-state index in [-0.39, 0.29) is 17.9 Å². The number of nitrogens with one attached hydrogen (secondary N) is 1. The third kappa shape index (κ3) is 4.38. The lowest BCUT2D eigenvalue weighted by Gasteiger charge is -2.34. The Labute approximate surface area is 134 Å². The van der Waals surface area contributed by atoms with Crippen LogP contribution in [0.2, 0.25) is 5.02 Å². The highest BCUT2D eigenvalue weighted by Crippen LogP contribution is 2.17. The molecule has 1 unspecified atom stereocenters. The van der Waals surface area contributed by atoms with E-state index >= 15 is 0 Å². The first kappa shape index (κ1) is 16.2. The normalized spacial score (nSPS) is 18.5. The van der Waals surface area contributed by atoms with Gasteiger partial charge in [-0.2, -0.15) is 0 Å². The van der Waals surface area contributed by atoms with E-state index in [0.29, 0.717) is 30.3 Å². The fourth-order valence-electron chi connectivity index (χ4n) is 2.34. The topological polar surface area (TPSA) is 49.4 Å². The first-order chi connectivity index (χ1) is 10.1. The summed E-state index contributed by atoms with van der Waals surface area (Å²) in [6.45, 7) is 3.07. The molecule has 1 atom stereocenters. The number of thioether (sulfide) groups is 1. The van der Waals surface area contributed by atoms with Gasteiger partial charge >= 0.3 is 0 Å². The molecule has 0 aromatic heterocycles. The van der Waals surface area contributed by atoms with Gasteiger partial charge in [0.05, 0.1) is 5.75 Å². The van der Waals surface area contributed by atoms with Crippen LogP contribution in [0.4, 0.5) is 0 Å². The van der Waals surface area contributed by atoms with Crippen LogP contribution in [0.25, 0.3) is 0 Å². The van der Waals surface area contributed by atoms with Gasteiger partial charge in [-0.3, -0.25) is 9.59 Å². The van der Waals surface area contributed by atoms with Crippen molar-refractivity contribution in [3.05, 3.63) is 34.9 Å². The average molecular weight is 327 g/mol. The van der Waals surface area contributed by atoms with E-state index in [1.807, 2.05) is 31.2 Å². The summed E-state index contributed by atoms with van der Waals surface area (Å²) in [5, 5.41) is 3.52. The van der Waals surface area contributed by atoms with Crippen LogP contribution < -0.4 is 5.32 Å². The van der Waals surface area contributed by atoms with Crippen LogP contribution in [0.5, 0.6) is 0 Å². The number of carbonyl (C=O) groups excluding carboxylic acids is 2. The smallest absolute Gasteiger partial charge is 0.242 e. The van der Waals surface area contributed by atoms with Crippen molar-refractivity contribution >= 4 is 35.2 Å². The minimum atomic E-state index is -0.317. The number of hydrogen-bond donors (Lipinski definition) is 1. The van der Waals surface area contributed by atoms with Gasteiger partial charge in [0, 0.05) is 23.9 Å². The summed E-state index contributed by atoms with van der Waals surface area (Å²) in [5.41, 5.74) is 1.14. The zero-order valence-electron chi connectivity index (χ0n) is 12.0. The number of carbonyl (C=O) groups is 2. The van der Waals surface area contributed by atoms with Crippen LogP contribution in [0.1, 0.15) is 18.9 Å². The Morgan fingerprint density at radius 2 is 2.14 bits per heavy atom. The van der Waals surface area contributed by atoms with E-state index in [0.717, 1.165) is 11.3 Å². The molecule has 0 spiro atoms. The molecule has 4 nitrogen and oxygen atoms in total. The Morgan fingerprint density at radius 3 is 2.81 bits per heavy atom. The van der Waals surface area contributed by atoms with Crippen molar-refractivity contribution in [1.82, 2.24) is 10.2 Å². The van der Waals surface area contributed by atoms with E-state index in [1.54, 1.807) is 16.7 Å². The minimum absolute atomic E-state index is 0.0377. The maximum Gasteiger partial charge on any atom is 0.242 e. The summed E-state index contributed by atoms with van der Waals surface area (Å²) in [6, 6.07) is 7.30. The molecule has 2 rings (SSSR count). The molecule has 114 valence electrons. The third-order valence-corrected chi connectivity index (χ3v) is 4.69. The summed E-state index contributed by atoms with van der Waals surface area (Å²) in [7, 11) is 0. The Balaban J connectivity index is 1.83. The lowest BCUT2D eigenvalue weighted by atomic mass is 10.1. The molecule has 1 aliphatic heterocycles. The highest BCUT2D eigenvalue weighted by atomic mass is 35.5. The molecule has 1 saturated heterocycles. The molecule has 0 saturated carbocycles. The quantitative estimate of drug-likeness (QED) is 0.903. The Hall–Kier alpha value is -1.20. The second-order valence-corrected chi connectivity index (χ2v) is 6.34. The number of amides is 2. The summed E-state index contributed by atoms with van der Waals surface area (Å²) in [4.78, 5) is 25.7. The molecule has 0 bridgehead atoms. The van der Waals surface area contributed by atoms with Gasteiger partial charge in [0.25, 0.3) is 0 Å². The van der Waals surface area contributed by atoms with E-state index in [2.05, 4.69) is 5.32 Å². The summed E-state index contributed by atoms with van der Waals surface area (Å²) >= 11 is 7.40. The van der Waals surface area contributed by atoms with Crippen LogP contribution in [0, 0.1) is 0 Å². The van der Waals surface area contributed by atoms with Gasteiger partial charge in [0.2, 0.25) is 11.8 Å². The first-order valence-electron chi connectivity index (χ1n) is 7.01. The SMILES string of the molecule is CCC1C(=O)NCCN1C(=O)CSCc1ccc(Cl)cc1. The standard InChI is InChI=1S/C15H19ClN2O2S/c1-2-13-15(20)17-7-8-18(13)14(19)10-21-9-11-3-5-12(16)6-4-11/h3-6,13H,2,7-10H2,1H3,(H,17,20). The average Bonchev–Trinajstić information content (AvgIpc) is 2.49. The van der Waals surface area contributed by atoms with Gasteiger partial charge in [-0.15, -0.1) is 11.8 Å². The molecule has 1 aromatic rings. The molecule has 1 aliphatic rings. The number of benzene rings is 1. The summed E-state index contributed by atoms with van der Waals surface area (Å²) in [5.74, 6) is 1.15. The van der Waals surface area contributed by atoms with Crippen molar-refractivity contribution in [2.24, 2.45) is 0 Å². The monoisotopic (exact) mass is 326 g/mol. The van der Waals surface area contributed by atoms with Crippen LogP contribution in [0.3, 0.4) is 0 Å². The maximum atomic E-state index is 12.3. The Morgan fingerprint density at radius 1 is 1.43 bits per heavy atom. The molecule has 0 aliphatic carbocycles. The molecule has 1 aromatic carbocycles. The highest BCUT2D eigenvalue weighted by molar-refractivity contribution is 7.99. The summed E-state index contributed by atoms with van der Waals surface area (Å²) in [6.07, 6.45) is 0.652. The number of halogens is 1. The fraction of sp³-hybridized carbons (Fsp3) is 0.467. The van der Waals surface area contributed by atoms with Crippen LogP contribution in [-0.2, 0) is 15.3 Å². The maximum absolute atomic E-state index is 12.3. The number of hydrogen-bond acceptors (Lipinski definition) is 3. The van der Waals surface area contributed by atoms with Gasteiger partial charge in [-0.25, -0.2) is 0 Å². The van der Waals surface area contributed by atoms with Gasteiger partial charge < -0.3 is 10.2 Å². The van der Waals surface area contributed by atoms with Gasteiger partial charge in [-0.1, -0.05) is 30.7 Å². The van der Waals surface area contributed by atoms with Crippen molar-refractivity contribution in [3.63, 3.8) is 0 Å². The first-order valence-corrected chi connectivity index (χ1v) is 8.54.